The molecule has 8 atom stereocenters. The van der Waals surface area contributed by atoms with Crippen LogP contribution in [-0.2, 0) is 0 Å². The highest BCUT2D eigenvalue weighted by Gasteiger charge is 2.87. The van der Waals surface area contributed by atoms with Gasteiger partial charge in [0.25, 0.3) is 0 Å². The summed E-state index contributed by atoms with van der Waals surface area (Å²) >= 11 is 45.0. The Morgan fingerprint density at radius 3 is 1.50 bits per heavy atom. The predicted molar refractivity (Wildman–Crippen MR) is 105 cm³/mol. The quantitative estimate of drug-likeness (QED) is 0.169. The van der Waals surface area contributed by atoms with Crippen LogP contribution in [0.5, 0.6) is 0 Å². The van der Waals surface area contributed by atoms with Crippen LogP contribution in [-0.4, -0.2) is 21.9 Å². The van der Waals surface area contributed by atoms with Crippen LogP contribution < -0.4 is 0 Å². The highest BCUT2D eigenvalue weighted by atomic mass is 127. The van der Waals surface area contributed by atoms with Crippen molar-refractivity contribution in [2.45, 2.75) is 28.4 Å². The molecule has 0 aromatic carbocycles. The van der Waals surface area contributed by atoms with Crippen LogP contribution in [0.4, 0.5) is 0 Å². The minimum Gasteiger partial charge on any atom is -0.109 e. The molecule has 112 valence electrons. The smallest absolute Gasteiger partial charge is 0.109 e. The molecule has 0 amide bonds. The molecule has 0 heterocycles. The third kappa shape index (κ3) is 1.41. The van der Waals surface area contributed by atoms with E-state index in [1.807, 2.05) is 0 Å². The third-order valence-electron chi connectivity index (χ3n) is 5.64. The second-order valence-electron chi connectivity index (χ2n) is 6.13. The van der Waals surface area contributed by atoms with E-state index in [0.29, 0.717) is 29.7 Å². The van der Waals surface area contributed by atoms with E-state index < -0.39 is 14.1 Å². The largest absolute Gasteiger partial charge is 0.166 e. The maximum atomic E-state index is 6.90. The zero-order valence-corrected chi connectivity index (χ0v) is 18.5. The lowest BCUT2D eigenvalue weighted by Crippen LogP contribution is -2.46. The summed E-state index contributed by atoms with van der Waals surface area (Å²) in [5, 5.41) is 0.700. The van der Waals surface area contributed by atoms with Gasteiger partial charge in [-0.1, -0.05) is 91.6 Å². The summed E-state index contributed by atoms with van der Waals surface area (Å²) in [4.78, 5) is -2.11. The number of hydrogen-bond acceptors (Lipinski definition) is 0. The van der Waals surface area contributed by atoms with E-state index >= 15 is 0 Å². The average molecular weight is 619 g/mol. The number of hydrogen-bond donors (Lipinski definition) is 0. The van der Waals surface area contributed by atoms with Crippen molar-refractivity contribution in [2.24, 2.45) is 23.7 Å². The van der Waals surface area contributed by atoms with E-state index in [9.17, 15) is 0 Å². The molecule has 20 heavy (non-hydrogen) atoms. The number of fused-ring (bicyclic) bond motifs is 9. The van der Waals surface area contributed by atoms with Gasteiger partial charge in [0.1, 0.15) is 9.75 Å². The van der Waals surface area contributed by atoms with Crippen molar-refractivity contribution < 1.29 is 0 Å². The summed E-state index contributed by atoms with van der Waals surface area (Å²) in [6.45, 7) is 0. The van der Waals surface area contributed by atoms with E-state index in [1.54, 1.807) is 0 Å². The fraction of sp³-hybridized carbons (Fsp3) is 0.833. The van der Waals surface area contributed by atoms with Gasteiger partial charge in [-0.25, -0.2) is 0 Å². The van der Waals surface area contributed by atoms with Gasteiger partial charge in [-0.3, -0.25) is 0 Å². The highest BCUT2D eigenvalue weighted by molar-refractivity contribution is 14.1. The van der Waals surface area contributed by atoms with Crippen LogP contribution in [0.2, 0.25) is 0 Å². The first-order chi connectivity index (χ1) is 9.11. The molecule has 0 aliphatic heterocycles. The second-order valence-corrected chi connectivity index (χ2v) is 12.3. The first kappa shape index (κ1) is 16.4. The molecule has 0 nitrogen and oxygen atoms in total. The summed E-state index contributed by atoms with van der Waals surface area (Å²) in [5.41, 5.74) is 0. The van der Waals surface area contributed by atoms with Gasteiger partial charge in [0.15, 0.2) is 4.33 Å². The summed E-state index contributed by atoms with van der Waals surface area (Å²) in [5.74, 6) is 1.09. The zero-order valence-electron chi connectivity index (χ0n) is 9.69. The van der Waals surface area contributed by atoms with Crippen LogP contribution >= 0.6 is 115 Å². The van der Waals surface area contributed by atoms with Gasteiger partial charge in [0.2, 0.25) is 0 Å². The van der Waals surface area contributed by atoms with Crippen molar-refractivity contribution in [3.63, 3.8) is 0 Å². The van der Waals surface area contributed by atoms with Gasteiger partial charge < -0.3 is 0 Å². The van der Waals surface area contributed by atoms with Crippen molar-refractivity contribution >= 4 is 115 Å². The number of halogens is 8. The standard InChI is InChI=1S/C12H8Cl6I2/c13-8-9(14)11(16)5-3-1-2(6(19)7(3)20)4(5)10(8,15)12(11,17)18/h2-7H,1H2/t2-,3-,4-,5+,6+,7-,10+,11+/m1/s1. The fourth-order valence-corrected chi connectivity index (χ4v) is 10.6. The minimum absolute atomic E-state index is 0.101. The Kier molecular flexibility index (Phi) is 3.74. The van der Waals surface area contributed by atoms with Gasteiger partial charge in [0.05, 0.1) is 10.1 Å². The highest BCUT2D eigenvalue weighted by Crippen LogP contribution is 2.83. The minimum atomic E-state index is -1.36. The van der Waals surface area contributed by atoms with Gasteiger partial charge in [-0.05, 0) is 30.1 Å². The van der Waals surface area contributed by atoms with E-state index in [4.69, 9.17) is 69.6 Å². The van der Waals surface area contributed by atoms with Gasteiger partial charge in [-0.15, -0.1) is 23.2 Å². The Bertz CT molecular complexity index is 506. The summed E-state index contributed by atoms with van der Waals surface area (Å²) < 4.78 is -0.273. The Morgan fingerprint density at radius 2 is 1.15 bits per heavy atom. The molecule has 3 saturated carbocycles. The van der Waals surface area contributed by atoms with E-state index in [0.717, 1.165) is 6.42 Å². The van der Waals surface area contributed by atoms with E-state index in [2.05, 4.69) is 45.2 Å². The number of alkyl halides is 6. The molecule has 0 aromatic rings. The Balaban J connectivity index is 1.98. The van der Waals surface area contributed by atoms with Gasteiger partial charge >= 0.3 is 0 Å². The molecule has 4 bridgehead atoms. The Morgan fingerprint density at radius 1 is 0.800 bits per heavy atom. The van der Waals surface area contributed by atoms with Crippen molar-refractivity contribution in [3.05, 3.63) is 10.1 Å². The molecule has 4 rings (SSSR count). The van der Waals surface area contributed by atoms with Crippen LogP contribution in [0.1, 0.15) is 6.42 Å². The van der Waals surface area contributed by atoms with Crippen LogP contribution in [0.15, 0.2) is 10.1 Å². The normalized spacial score (nSPS) is 62.4. The van der Waals surface area contributed by atoms with Gasteiger partial charge in [-0.2, -0.15) is 0 Å². The van der Waals surface area contributed by atoms with Crippen molar-refractivity contribution in [1.82, 2.24) is 0 Å². The topological polar surface area (TPSA) is 0 Å². The molecule has 0 unspecified atom stereocenters. The monoisotopic (exact) mass is 616 g/mol. The van der Waals surface area contributed by atoms with Crippen molar-refractivity contribution in [1.29, 1.82) is 0 Å². The molecule has 0 spiro atoms. The van der Waals surface area contributed by atoms with E-state index in [1.165, 1.54) is 0 Å². The average Bonchev–Trinajstić information content (AvgIpc) is 2.97. The second kappa shape index (κ2) is 4.56. The summed E-state index contributed by atoms with van der Waals surface area (Å²) in [6.07, 6.45) is 1.11. The molecule has 8 heteroatoms. The lowest BCUT2D eigenvalue weighted by molar-refractivity contribution is 0.238. The summed E-state index contributed by atoms with van der Waals surface area (Å²) in [6, 6.07) is 0. The molecule has 4 aliphatic carbocycles. The predicted octanol–water partition coefficient (Wildman–Crippen LogP) is 6.32. The zero-order chi connectivity index (χ0) is 14.8. The van der Waals surface area contributed by atoms with Crippen molar-refractivity contribution in [3.8, 4) is 0 Å². The molecular formula is C12H8Cl6I2. The summed E-state index contributed by atoms with van der Waals surface area (Å²) in [7, 11) is 0. The molecular weight excluding hydrogens is 611 g/mol. The fourth-order valence-electron chi connectivity index (χ4n) is 4.92. The molecule has 4 aliphatic rings. The molecule has 0 aromatic heterocycles. The van der Waals surface area contributed by atoms with Crippen LogP contribution in [0, 0.1) is 23.7 Å². The third-order valence-corrected chi connectivity index (χ3v) is 14.7. The lowest BCUT2D eigenvalue weighted by Gasteiger charge is -2.43. The number of rotatable bonds is 0. The SMILES string of the molecule is ClC1=C(Cl)[C@@]2(Cl)[C@H]3[C@H]4C[C@@H]([C@H](I)[C@@H]4I)[C@H]3[C@@]1(Cl)C2(Cl)Cl. The Labute approximate surface area is 174 Å². The lowest BCUT2D eigenvalue weighted by atomic mass is 9.72. The Hall–Kier alpha value is 2.94. The first-order valence-corrected chi connectivity index (χ1v) is 11.0. The molecule has 0 N–H and O–H groups in total. The molecule has 3 fully saturated rings. The first-order valence-electron chi connectivity index (χ1n) is 6.21. The van der Waals surface area contributed by atoms with Crippen molar-refractivity contribution in [2.75, 3.05) is 0 Å². The maximum absolute atomic E-state index is 6.90. The molecule has 0 saturated heterocycles. The van der Waals surface area contributed by atoms with Crippen LogP contribution in [0.25, 0.3) is 0 Å². The van der Waals surface area contributed by atoms with Gasteiger partial charge in [0, 0.05) is 7.85 Å². The van der Waals surface area contributed by atoms with E-state index in [-0.39, 0.29) is 11.8 Å². The van der Waals surface area contributed by atoms with Crippen LogP contribution in [0.3, 0.4) is 0 Å². The maximum Gasteiger partial charge on any atom is 0.166 e. The molecule has 0 radical (unpaired) electrons. The number of allylic oxidation sites excluding steroid dienone is 2.